The van der Waals surface area contributed by atoms with Crippen molar-refractivity contribution in [2.24, 2.45) is 5.73 Å². The molecule has 2 aliphatic heterocycles. The molecule has 146 valence electrons. The summed E-state index contributed by atoms with van der Waals surface area (Å²) in [6, 6.07) is -2.20. The summed E-state index contributed by atoms with van der Waals surface area (Å²) >= 11 is 0. The molecule has 1 aromatic rings. The molecule has 3 rings (SSSR count). The van der Waals surface area contributed by atoms with Crippen molar-refractivity contribution >= 4 is 23.6 Å². The number of primary amides is 1. The molecule has 0 radical (unpaired) electrons. The van der Waals surface area contributed by atoms with E-state index in [2.05, 4.69) is 20.6 Å². The van der Waals surface area contributed by atoms with Gasteiger partial charge in [-0.15, -0.1) is 0 Å². The van der Waals surface area contributed by atoms with Crippen LogP contribution in [0.15, 0.2) is 12.5 Å². The molecule has 0 spiro atoms. The lowest BCUT2D eigenvalue weighted by Crippen LogP contribution is -2.57. The van der Waals surface area contributed by atoms with E-state index in [1.54, 1.807) is 6.20 Å². The normalized spacial score (nSPS) is 23.6. The van der Waals surface area contributed by atoms with Crippen molar-refractivity contribution in [3.05, 3.63) is 18.2 Å². The van der Waals surface area contributed by atoms with Gasteiger partial charge >= 0.3 is 0 Å². The van der Waals surface area contributed by atoms with Gasteiger partial charge in [0.25, 0.3) is 0 Å². The molecule has 4 amide bonds. The first kappa shape index (κ1) is 18.9. The van der Waals surface area contributed by atoms with Crippen LogP contribution in [-0.4, -0.2) is 63.2 Å². The average Bonchev–Trinajstić information content (AvgIpc) is 3.32. The summed E-state index contributed by atoms with van der Waals surface area (Å²) in [5, 5.41) is 5.38. The number of hydrogen-bond acceptors (Lipinski definition) is 5. The molecular formula is C17H24N6O4. The van der Waals surface area contributed by atoms with Crippen molar-refractivity contribution in [3.8, 4) is 0 Å². The van der Waals surface area contributed by atoms with Crippen LogP contribution in [0.4, 0.5) is 0 Å². The van der Waals surface area contributed by atoms with Gasteiger partial charge in [0.15, 0.2) is 0 Å². The molecule has 10 heteroatoms. The van der Waals surface area contributed by atoms with Gasteiger partial charge in [-0.3, -0.25) is 19.2 Å². The first-order chi connectivity index (χ1) is 13.0. The fourth-order valence-corrected chi connectivity index (χ4v) is 3.62. The van der Waals surface area contributed by atoms with E-state index < -0.39 is 29.9 Å². The van der Waals surface area contributed by atoms with Crippen molar-refractivity contribution in [1.82, 2.24) is 25.5 Å². The van der Waals surface area contributed by atoms with Crippen LogP contribution in [0.1, 0.15) is 37.8 Å². The second-order valence-corrected chi connectivity index (χ2v) is 6.95. The Labute approximate surface area is 156 Å². The van der Waals surface area contributed by atoms with E-state index in [9.17, 15) is 19.2 Å². The third kappa shape index (κ3) is 4.44. The SMILES string of the molecule is NC(=O)[C@@H]1CCCN1C(=O)[C@H](Cc1cnc[nH]1)NC(=O)[C@@H]1CCCC(=O)N1. The number of nitrogens with two attached hydrogens (primary N) is 1. The van der Waals surface area contributed by atoms with Crippen LogP contribution in [0.5, 0.6) is 0 Å². The standard InChI is InChI=1S/C17H24N6O4/c18-15(25)13-4-2-6-23(13)17(27)12(7-10-8-19-9-20-10)22-16(26)11-3-1-5-14(24)21-11/h8-9,11-13H,1-7H2,(H2,18,25)(H,19,20)(H,21,24)(H,22,26)/t11-,12-,13-/m0/s1. The van der Waals surface area contributed by atoms with E-state index in [1.165, 1.54) is 11.2 Å². The highest BCUT2D eigenvalue weighted by molar-refractivity contribution is 5.94. The van der Waals surface area contributed by atoms with E-state index in [4.69, 9.17) is 5.73 Å². The second-order valence-electron chi connectivity index (χ2n) is 6.95. The van der Waals surface area contributed by atoms with Gasteiger partial charge in [0.05, 0.1) is 6.33 Å². The number of nitrogens with one attached hydrogen (secondary N) is 3. The van der Waals surface area contributed by atoms with Crippen LogP contribution < -0.4 is 16.4 Å². The van der Waals surface area contributed by atoms with Crippen molar-refractivity contribution < 1.29 is 19.2 Å². The zero-order chi connectivity index (χ0) is 19.4. The number of nitrogens with zero attached hydrogens (tertiary/aromatic N) is 2. The first-order valence-corrected chi connectivity index (χ1v) is 9.12. The summed E-state index contributed by atoms with van der Waals surface area (Å²) in [4.78, 5) is 57.1. The number of carbonyl (C=O) groups excluding carboxylic acids is 4. The molecular weight excluding hydrogens is 352 g/mol. The number of rotatable bonds is 6. The maximum atomic E-state index is 13.1. The molecule has 0 bridgehead atoms. The average molecular weight is 376 g/mol. The number of amides is 4. The predicted molar refractivity (Wildman–Crippen MR) is 93.9 cm³/mol. The number of aromatic amines is 1. The quantitative estimate of drug-likeness (QED) is 0.481. The lowest BCUT2D eigenvalue weighted by Gasteiger charge is -2.29. The fourth-order valence-electron chi connectivity index (χ4n) is 3.62. The minimum atomic E-state index is -0.878. The van der Waals surface area contributed by atoms with Crippen LogP contribution in [0, 0.1) is 0 Å². The molecule has 0 aromatic carbocycles. The molecule has 3 atom stereocenters. The first-order valence-electron chi connectivity index (χ1n) is 9.12. The number of piperidine rings is 1. The summed E-state index contributed by atoms with van der Waals surface area (Å²) in [6.45, 7) is 0.419. The van der Waals surface area contributed by atoms with Gasteiger partial charge in [0.1, 0.15) is 18.1 Å². The van der Waals surface area contributed by atoms with Crippen molar-refractivity contribution in [2.75, 3.05) is 6.54 Å². The highest BCUT2D eigenvalue weighted by Gasteiger charge is 2.37. The monoisotopic (exact) mass is 376 g/mol. The number of imidazole rings is 1. The Hall–Kier alpha value is -2.91. The van der Waals surface area contributed by atoms with Crippen LogP contribution in [0.2, 0.25) is 0 Å². The van der Waals surface area contributed by atoms with Gasteiger partial charge in [-0.2, -0.15) is 0 Å². The minimum absolute atomic E-state index is 0.175. The Morgan fingerprint density at radius 2 is 2.15 bits per heavy atom. The van der Waals surface area contributed by atoms with Gasteiger partial charge in [0, 0.05) is 31.3 Å². The van der Waals surface area contributed by atoms with Crippen LogP contribution in [-0.2, 0) is 25.6 Å². The topological polar surface area (TPSA) is 150 Å². The lowest BCUT2D eigenvalue weighted by atomic mass is 10.0. The van der Waals surface area contributed by atoms with Crippen LogP contribution in [0.3, 0.4) is 0 Å². The molecule has 2 fully saturated rings. The second kappa shape index (κ2) is 8.19. The zero-order valence-electron chi connectivity index (χ0n) is 14.9. The number of carbonyl (C=O) groups is 4. The van der Waals surface area contributed by atoms with E-state index >= 15 is 0 Å². The highest BCUT2D eigenvalue weighted by Crippen LogP contribution is 2.19. The largest absolute Gasteiger partial charge is 0.368 e. The third-order valence-corrected chi connectivity index (χ3v) is 5.01. The van der Waals surface area contributed by atoms with Crippen molar-refractivity contribution in [1.29, 1.82) is 0 Å². The van der Waals surface area contributed by atoms with Gasteiger partial charge in [0.2, 0.25) is 23.6 Å². The van der Waals surface area contributed by atoms with Gasteiger partial charge in [-0.1, -0.05) is 0 Å². The van der Waals surface area contributed by atoms with E-state index in [-0.39, 0.29) is 18.2 Å². The van der Waals surface area contributed by atoms with Gasteiger partial charge < -0.3 is 26.3 Å². The number of aromatic nitrogens is 2. The maximum Gasteiger partial charge on any atom is 0.246 e. The highest BCUT2D eigenvalue weighted by atomic mass is 16.2. The third-order valence-electron chi connectivity index (χ3n) is 5.01. The molecule has 0 unspecified atom stereocenters. The Balaban J connectivity index is 1.74. The lowest BCUT2D eigenvalue weighted by molar-refractivity contribution is -0.141. The Kier molecular flexibility index (Phi) is 5.72. The Morgan fingerprint density at radius 1 is 1.33 bits per heavy atom. The number of hydrogen-bond donors (Lipinski definition) is 4. The summed E-state index contributed by atoms with van der Waals surface area (Å²) in [7, 11) is 0. The molecule has 2 saturated heterocycles. The smallest absolute Gasteiger partial charge is 0.246 e. The molecule has 0 aliphatic carbocycles. The summed E-state index contributed by atoms with van der Waals surface area (Å²) in [5.74, 6) is -1.49. The number of likely N-dealkylation sites (tertiary alicyclic amines) is 1. The van der Waals surface area contributed by atoms with E-state index in [0.29, 0.717) is 44.3 Å². The summed E-state index contributed by atoms with van der Waals surface area (Å²) in [6.07, 6.45) is 6.01. The maximum absolute atomic E-state index is 13.1. The summed E-state index contributed by atoms with van der Waals surface area (Å²) in [5.41, 5.74) is 6.09. The predicted octanol–water partition coefficient (Wildman–Crippen LogP) is -1.42. The van der Waals surface area contributed by atoms with Crippen molar-refractivity contribution in [2.45, 2.75) is 56.7 Å². The number of H-pyrrole nitrogens is 1. The van der Waals surface area contributed by atoms with Crippen LogP contribution >= 0.6 is 0 Å². The Morgan fingerprint density at radius 3 is 2.81 bits per heavy atom. The van der Waals surface area contributed by atoms with Crippen molar-refractivity contribution in [3.63, 3.8) is 0 Å². The van der Waals surface area contributed by atoms with E-state index in [1.807, 2.05) is 0 Å². The van der Waals surface area contributed by atoms with E-state index in [0.717, 1.165) is 0 Å². The molecule has 3 heterocycles. The van der Waals surface area contributed by atoms with Gasteiger partial charge in [-0.05, 0) is 25.7 Å². The molecule has 5 N–H and O–H groups in total. The fraction of sp³-hybridized carbons (Fsp3) is 0.588. The zero-order valence-corrected chi connectivity index (χ0v) is 14.9. The molecule has 1 aromatic heterocycles. The molecule has 2 aliphatic rings. The van der Waals surface area contributed by atoms with Crippen LogP contribution in [0.25, 0.3) is 0 Å². The molecule has 0 saturated carbocycles. The minimum Gasteiger partial charge on any atom is -0.368 e. The molecule has 27 heavy (non-hydrogen) atoms. The Bertz CT molecular complexity index is 719. The molecule has 10 nitrogen and oxygen atoms in total. The summed E-state index contributed by atoms with van der Waals surface area (Å²) < 4.78 is 0. The van der Waals surface area contributed by atoms with Gasteiger partial charge in [-0.25, -0.2) is 4.98 Å².